The van der Waals surface area contributed by atoms with E-state index in [1.807, 2.05) is 38.1 Å². The highest BCUT2D eigenvalue weighted by atomic mass is 16.6. The van der Waals surface area contributed by atoms with Crippen LogP contribution in [0, 0.1) is 17.0 Å². The lowest BCUT2D eigenvalue weighted by molar-refractivity contribution is -0.385. The van der Waals surface area contributed by atoms with Crippen LogP contribution in [0.25, 0.3) is 0 Å². The lowest BCUT2D eigenvalue weighted by Gasteiger charge is -2.11. The van der Waals surface area contributed by atoms with Crippen LogP contribution in [0.4, 0.5) is 5.69 Å². The molecule has 0 aromatic heterocycles. The van der Waals surface area contributed by atoms with Crippen molar-refractivity contribution in [1.82, 2.24) is 5.43 Å². The van der Waals surface area contributed by atoms with Crippen LogP contribution in [0.3, 0.4) is 0 Å². The third-order valence-electron chi connectivity index (χ3n) is 3.31. The first-order chi connectivity index (χ1) is 11.9. The molecule has 0 aliphatic rings. The summed E-state index contributed by atoms with van der Waals surface area (Å²) in [6.45, 7) is 5.43. The molecule has 25 heavy (non-hydrogen) atoms. The number of carbonyl (C=O) groups is 1. The normalized spacial score (nSPS) is 10.9. The number of benzene rings is 2. The fourth-order valence-electron chi connectivity index (χ4n) is 2.17. The maximum atomic E-state index is 12.1. The van der Waals surface area contributed by atoms with Gasteiger partial charge < -0.3 is 4.74 Å². The van der Waals surface area contributed by atoms with E-state index in [2.05, 4.69) is 10.5 Å². The first-order valence-corrected chi connectivity index (χ1v) is 7.72. The molecule has 1 N–H and O–H groups in total. The van der Waals surface area contributed by atoms with E-state index in [1.165, 1.54) is 24.4 Å². The van der Waals surface area contributed by atoms with Gasteiger partial charge in [0.05, 0.1) is 17.2 Å². The molecule has 2 rings (SSSR count). The van der Waals surface area contributed by atoms with Crippen LogP contribution in [0.15, 0.2) is 47.6 Å². The number of hydrogen-bond acceptors (Lipinski definition) is 5. The number of nitrogens with zero attached hydrogens (tertiary/aromatic N) is 2. The third kappa shape index (κ3) is 4.87. The molecule has 2 aromatic rings. The zero-order valence-electron chi connectivity index (χ0n) is 14.2. The standard InChI is InChI=1S/C18H19N3O4/c1-12(2)25-17-7-5-4-6-15(17)11-19-20-18(22)14-8-9-16(21(23)24)13(3)10-14/h4-12H,1-3H3,(H,20,22). The molecule has 0 bridgehead atoms. The van der Waals surface area contributed by atoms with Crippen LogP contribution in [-0.4, -0.2) is 23.1 Å². The van der Waals surface area contributed by atoms with E-state index in [0.29, 0.717) is 16.9 Å². The maximum absolute atomic E-state index is 12.1. The number of nitro benzene ring substituents is 1. The molecule has 0 saturated heterocycles. The van der Waals surface area contributed by atoms with Crippen molar-refractivity contribution in [2.75, 3.05) is 0 Å². The van der Waals surface area contributed by atoms with Gasteiger partial charge in [0.2, 0.25) is 0 Å². The number of hydrogen-bond donors (Lipinski definition) is 1. The number of carbonyl (C=O) groups excluding carboxylic acids is 1. The highest BCUT2D eigenvalue weighted by Gasteiger charge is 2.13. The Kier molecular flexibility index (Phi) is 5.84. The average molecular weight is 341 g/mol. The number of nitro groups is 1. The Morgan fingerprint density at radius 3 is 2.64 bits per heavy atom. The molecule has 130 valence electrons. The molecule has 7 nitrogen and oxygen atoms in total. The van der Waals surface area contributed by atoms with Crippen LogP contribution in [-0.2, 0) is 0 Å². The molecule has 0 saturated carbocycles. The number of rotatable bonds is 6. The fourth-order valence-corrected chi connectivity index (χ4v) is 2.17. The molecule has 0 unspecified atom stereocenters. The number of para-hydroxylation sites is 1. The number of amides is 1. The molecular weight excluding hydrogens is 322 g/mol. The summed E-state index contributed by atoms with van der Waals surface area (Å²) in [6, 6.07) is 11.5. The molecule has 0 radical (unpaired) electrons. The second kappa shape index (κ2) is 8.05. The predicted molar refractivity (Wildman–Crippen MR) is 95.1 cm³/mol. The molecule has 0 heterocycles. The second-order valence-corrected chi connectivity index (χ2v) is 5.66. The Bertz CT molecular complexity index is 816. The minimum Gasteiger partial charge on any atom is -0.490 e. The van der Waals surface area contributed by atoms with E-state index in [9.17, 15) is 14.9 Å². The minimum atomic E-state index is -0.485. The Morgan fingerprint density at radius 2 is 2.00 bits per heavy atom. The van der Waals surface area contributed by atoms with E-state index in [4.69, 9.17) is 4.74 Å². The molecule has 0 fully saturated rings. The van der Waals surface area contributed by atoms with Crippen molar-refractivity contribution in [3.8, 4) is 5.75 Å². The summed E-state index contributed by atoms with van der Waals surface area (Å²) in [5, 5.41) is 14.7. The van der Waals surface area contributed by atoms with E-state index in [0.717, 1.165) is 5.56 Å². The Labute approximate surface area is 145 Å². The maximum Gasteiger partial charge on any atom is 0.272 e. The van der Waals surface area contributed by atoms with E-state index < -0.39 is 10.8 Å². The first-order valence-electron chi connectivity index (χ1n) is 7.72. The van der Waals surface area contributed by atoms with Crippen LogP contribution in [0.5, 0.6) is 5.75 Å². The molecule has 0 aliphatic heterocycles. The third-order valence-corrected chi connectivity index (χ3v) is 3.31. The van der Waals surface area contributed by atoms with Gasteiger partial charge in [-0.2, -0.15) is 5.10 Å². The summed E-state index contributed by atoms with van der Waals surface area (Å²) in [5.41, 5.74) is 3.83. The van der Waals surface area contributed by atoms with Crippen LogP contribution in [0.1, 0.15) is 35.3 Å². The van der Waals surface area contributed by atoms with Crippen molar-refractivity contribution < 1.29 is 14.5 Å². The van der Waals surface area contributed by atoms with E-state index in [1.54, 1.807) is 6.92 Å². The van der Waals surface area contributed by atoms with Crippen LogP contribution < -0.4 is 10.2 Å². The van der Waals surface area contributed by atoms with Gasteiger partial charge in [-0.1, -0.05) is 12.1 Å². The summed E-state index contributed by atoms with van der Waals surface area (Å²) >= 11 is 0. The Balaban J connectivity index is 2.09. The summed E-state index contributed by atoms with van der Waals surface area (Å²) in [5.74, 6) is 0.221. The summed E-state index contributed by atoms with van der Waals surface area (Å²) in [4.78, 5) is 22.4. The molecule has 0 atom stereocenters. The van der Waals surface area contributed by atoms with Gasteiger partial charge in [0.1, 0.15) is 5.75 Å². The van der Waals surface area contributed by atoms with Gasteiger partial charge in [-0.05, 0) is 45.0 Å². The molecule has 0 spiro atoms. The summed E-state index contributed by atoms with van der Waals surface area (Å²) < 4.78 is 5.67. The van der Waals surface area contributed by atoms with Crippen molar-refractivity contribution in [2.45, 2.75) is 26.9 Å². The molecule has 2 aromatic carbocycles. The van der Waals surface area contributed by atoms with Crippen molar-refractivity contribution >= 4 is 17.8 Å². The van der Waals surface area contributed by atoms with Crippen molar-refractivity contribution in [2.24, 2.45) is 5.10 Å². The lowest BCUT2D eigenvalue weighted by Crippen LogP contribution is -2.18. The zero-order valence-corrected chi connectivity index (χ0v) is 14.2. The lowest BCUT2D eigenvalue weighted by atomic mass is 10.1. The average Bonchev–Trinajstić information content (AvgIpc) is 2.55. The van der Waals surface area contributed by atoms with Gasteiger partial charge in [-0.15, -0.1) is 0 Å². The second-order valence-electron chi connectivity index (χ2n) is 5.66. The zero-order chi connectivity index (χ0) is 18.4. The van der Waals surface area contributed by atoms with Crippen LogP contribution >= 0.6 is 0 Å². The SMILES string of the molecule is Cc1cc(C(=O)NN=Cc2ccccc2OC(C)C)ccc1[N+](=O)[O-]. The quantitative estimate of drug-likeness (QED) is 0.494. The molecule has 7 heteroatoms. The smallest absolute Gasteiger partial charge is 0.272 e. The number of hydrazone groups is 1. The monoisotopic (exact) mass is 341 g/mol. The summed E-state index contributed by atoms with van der Waals surface area (Å²) in [7, 11) is 0. The number of aryl methyl sites for hydroxylation is 1. The predicted octanol–water partition coefficient (Wildman–Crippen LogP) is 3.45. The van der Waals surface area contributed by atoms with Gasteiger partial charge in [-0.3, -0.25) is 14.9 Å². The molecular formula is C18H19N3O4. The topological polar surface area (TPSA) is 93.8 Å². The van der Waals surface area contributed by atoms with Crippen molar-refractivity contribution in [1.29, 1.82) is 0 Å². The van der Waals surface area contributed by atoms with Crippen molar-refractivity contribution in [3.63, 3.8) is 0 Å². The van der Waals surface area contributed by atoms with E-state index in [-0.39, 0.29) is 11.8 Å². The highest BCUT2D eigenvalue weighted by Crippen LogP contribution is 2.19. The molecule has 0 aliphatic carbocycles. The van der Waals surface area contributed by atoms with Crippen molar-refractivity contribution in [3.05, 3.63) is 69.3 Å². The Morgan fingerprint density at radius 1 is 1.28 bits per heavy atom. The largest absolute Gasteiger partial charge is 0.490 e. The van der Waals surface area contributed by atoms with Gasteiger partial charge in [0.25, 0.3) is 11.6 Å². The summed E-state index contributed by atoms with van der Waals surface area (Å²) in [6.07, 6.45) is 1.51. The number of nitrogens with one attached hydrogen (secondary N) is 1. The highest BCUT2D eigenvalue weighted by molar-refractivity contribution is 5.95. The first kappa shape index (κ1) is 18.1. The van der Waals surface area contributed by atoms with Gasteiger partial charge in [0.15, 0.2) is 0 Å². The fraction of sp³-hybridized carbons (Fsp3) is 0.222. The van der Waals surface area contributed by atoms with Gasteiger partial charge in [0, 0.05) is 22.8 Å². The molecule has 1 amide bonds. The van der Waals surface area contributed by atoms with Gasteiger partial charge in [-0.25, -0.2) is 5.43 Å². The minimum absolute atomic E-state index is 0.0206. The van der Waals surface area contributed by atoms with Crippen LogP contribution in [0.2, 0.25) is 0 Å². The van der Waals surface area contributed by atoms with Gasteiger partial charge >= 0.3 is 0 Å². The van der Waals surface area contributed by atoms with E-state index >= 15 is 0 Å². The number of ether oxygens (including phenoxy) is 1. The Hall–Kier alpha value is -3.22.